The summed E-state index contributed by atoms with van der Waals surface area (Å²) in [7, 11) is 0.471. The van der Waals surface area contributed by atoms with Crippen molar-refractivity contribution in [2.75, 3.05) is 38.3 Å². The molecule has 132 valence electrons. The van der Waals surface area contributed by atoms with Gasteiger partial charge in [-0.2, -0.15) is 8.42 Å². The molecule has 0 radical (unpaired) electrons. The van der Waals surface area contributed by atoms with Crippen molar-refractivity contribution in [3.05, 3.63) is 35.2 Å². The molecule has 0 aliphatic carbocycles. The number of rotatable bonds is 2. The molecule has 0 fully saturated rings. The zero-order chi connectivity index (χ0) is 17.7. The minimum atomic E-state index is -3.67. The Morgan fingerprint density at radius 3 is 2.42 bits per heavy atom. The van der Waals surface area contributed by atoms with E-state index in [4.69, 9.17) is 4.55 Å². The van der Waals surface area contributed by atoms with Crippen LogP contribution in [0.3, 0.4) is 0 Å². The fourth-order valence-electron chi connectivity index (χ4n) is 2.39. The molecule has 1 N–H and O–H groups in total. The third-order valence-electron chi connectivity index (χ3n) is 3.51. The number of thioether (sulfide) groups is 1. The van der Waals surface area contributed by atoms with Crippen LogP contribution in [-0.4, -0.2) is 56.5 Å². The Balaban J connectivity index is 0.000000368. The minimum absolute atomic E-state index is 0.715. The van der Waals surface area contributed by atoms with Gasteiger partial charge in [0.1, 0.15) is 0 Å². The zero-order valence-corrected chi connectivity index (χ0v) is 15.8. The maximum Gasteiger partial charge on any atom is 0.261 e. The number of fused-ring (bicyclic) bond motifs is 1. The Kier molecular flexibility index (Phi) is 6.31. The molecule has 0 saturated carbocycles. The molecule has 0 saturated heterocycles. The van der Waals surface area contributed by atoms with E-state index in [0.29, 0.717) is 6.26 Å². The molecule has 0 aromatic heterocycles. The smallest absolute Gasteiger partial charge is 0.261 e. The Hall–Kier alpha value is -1.51. The summed E-state index contributed by atoms with van der Waals surface area (Å²) < 4.78 is 25.9. The summed E-state index contributed by atoms with van der Waals surface area (Å²) in [4.78, 5) is 9.14. The first kappa shape index (κ1) is 18.8. The molecule has 3 rings (SSSR count). The number of anilines is 1. The van der Waals surface area contributed by atoms with Gasteiger partial charge in [-0.05, 0) is 30.5 Å². The summed E-state index contributed by atoms with van der Waals surface area (Å²) in [5.74, 6) is 0. The number of aliphatic imine (C=N–C) groups is 1. The molecule has 2 aliphatic heterocycles. The highest BCUT2D eigenvalue weighted by Crippen LogP contribution is 2.35. The van der Waals surface area contributed by atoms with Crippen molar-refractivity contribution < 1.29 is 13.0 Å². The van der Waals surface area contributed by atoms with Gasteiger partial charge < -0.3 is 9.80 Å². The van der Waals surface area contributed by atoms with E-state index < -0.39 is 10.1 Å². The highest BCUT2D eigenvalue weighted by molar-refractivity contribution is 8.16. The lowest BCUT2D eigenvalue weighted by atomic mass is 10.1. The molecular weight excluding hydrogens is 346 g/mol. The van der Waals surface area contributed by atoms with Gasteiger partial charge >= 0.3 is 0 Å². The van der Waals surface area contributed by atoms with Gasteiger partial charge in [-0.1, -0.05) is 23.9 Å². The van der Waals surface area contributed by atoms with E-state index in [-0.39, 0.29) is 0 Å². The third kappa shape index (κ3) is 5.54. The number of hydrogen-bond acceptors (Lipinski definition) is 6. The monoisotopic (exact) mass is 369 g/mol. The first-order valence-electron chi connectivity index (χ1n) is 7.65. The molecule has 1 aromatic rings. The van der Waals surface area contributed by atoms with E-state index in [0.717, 1.165) is 13.1 Å². The van der Waals surface area contributed by atoms with E-state index in [9.17, 15) is 8.42 Å². The first-order valence-corrected chi connectivity index (χ1v) is 10.4. The number of amidine groups is 1. The quantitative estimate of drug-likeness (QED) is 0.808. The number of nitrogens with zero attached hydrogens (tertiary/aromatic N) is 3. The van der Waals surface area contributed by atoms with Crippen LogP contribution in [-0.2, 0) is 10.1 Å². The average Bonchev–Trinajstić information content (AvgIpc) is 2.74. The van der Waals surface area contributed by atoms with Gasteiger partial charge in [0, 0.05) is 38.3 Å². The second kappa shape index (κ2) is 8.04. The molecule has 8 heteroatoms. The Labute approximate surface area is 148 Å². The first-order chi connectivity index (χ1) is 11.3. The molecule has 0 amide bonds. The normalized spacial score (nSPS) is 17.1. The predicted octanol–water partition coefficient (Wildman–Crippen LogP) is 2.75. The van der Waals surface area contributed by atoms with Gasteiger partial charge in [0.2, 0.25) is 0 Å². The molecule has 6 nitrogen and oxygen atoms in total. The summed E-state index contributed by atoms with van der Waals surface area (Å²) in [6.07, 6.45) is 3.14. The molecule has 24 heavy (non-hydrogen) atoms. The van der Waals surface area contributed by atoms with Gasteiger partial charge in [-0.25, -0.2) is 0 Å². The molecule has 0 unspecified atom stereocenters. The Bertz CT molecular complexity index is 717. The van der Waals surface area contributed by atoms with Crippen molar-refractivity contribution in [2.24, 2.45) is 4.99 Å². The van der Waals surface area contributed by atoms with E-state index in [1.807, 2.05) is 0 Å². The molecular formula is C16H23N3O3S2. The summed E-state index contributed by atoms with van der Waals surface area (Å²) in [5, 5.41) is 3.40. The van der Waals surface area contributed by atoms with Crippen molar-refractivity contribution in [2.45, 2.75) is 12.8 Å². The summed E-state index contributed by atoms with van der Waals surface area (Å²) >= 11 is 1.76. The summed E-state index contributed by atoms with van der Waals surface area (Å²) in [5.41, 5.74) is 3.82. The van der Waals surface area contributed by atoms with Crippen LogP contribution in [0.4, 0.5) is 5.69 Å². The highest BCUT2D eigenvalue weighted by atomic mass is 32.2. The molecule has 2 heterocycles. The fraction of sp³-hybridized carbons (Fsp3) is 0.438. The maximum absolute atomic E-state index is 9.19. The van der Waals surface area contributed by atoms with E-state index in [1.165, 1.54) is 35.0 Å². The van der Waals surface area contributed by atoms with Crippen LogP contribution in [0.1, 0.15) is 18.4 Å². The van der Waals surface area contributed by atoms with Crippen molar-refractivity contribution >= 4 is 38.4 Å². The number of benzene rings is 1. The van der Waals surface area contributed by atoms with Crippen molar-refractivity contribution in [3.8, 4) is 0 Å². The summed E-state index contributed by atoms with van der Waals surface area (Å²) in [6.45, 7) is 2.06. The second-order valence-electron chi connectivity index (χ2n) is 5.82. The largest absolute Gasteiger partial charge is 0.378 e. The van der Waals surface area contributed by atoms with Crippen LogP contribution >= 0.6 is 11.8 Å². The van der Waals surface area contributed by atoms with Crippen molar-refractivity contribution in [3.63, 3.8) is 0 Å². The van der Waals surface area contributed by atoms with Crippen LogP contribution in [0, 0.1) is 0 Å². The molecule has 0 bridgehead atoms. The van der Waals surface area contributed by atoms with Gasteiger partial charge in [0.25, 0.3) is 10.1 Å². The fourth-order valence-corrected chi connectivity index (χ4v) is 3.35. The SMILES string of the molecule is CN(C)c1ccc(C2=CSC3=NCCCCN23)cc1.CS(=O)(=O)O. The van der Waals surface area contributed by atoms with Crippen molar-refractivity contribution in [1.29, 1.82) is 0 Å². The molecule has 0 spiro atoms. The summed E-state index contributed by atoms with van der Waals surface area (Å²) in [6, 6.07) is 8.76. The van der Waals surface area contributed by atoms with E-state index >= 15 is 0 Å². The van der Waals surface area contributed by atoms with Gasteiger partial charge in [0.05, 0.1) is 12.0 Å². The lowest BCUT2D eigenvalue weighted by molar-refractivity contribution is 0.490. The molecule has 1 aromatic carbocycles. The molecule has 2 aliphatic rings. The van der Waals surface area contributed by atoms with Crippen LogP contribution in [0.15, 0.2) is 34.7 Å². The average molecular weight is 370 g/mol. The van der Waals surface area contributed by atoms with Gasteiger partial charge in [-0.3, -0.25) is 9.55 Å². The topological polar surface area (TPSA) is 73.2 Å². The van der Waals surface area contributed by atoms with Crippen molar-refractivity contribution in [1.82, 2.24) is 4.90 Å². The molecule has 0 atom stereocenters. The maximum atomic E-state index is 9.19. The predicted molar refractivity (Wildman–Crippen MR) is 102 cm³/mol. The van der Waals surface area contributed by atoms with Gasteiger partial charge in [-0.15, -0.1) is 0 Å². The van der Waals surface area contributed by atoms with E-state index in [1.54, 1.807) is 11.8 Å². The van der Waals surface area contributed by atoms with Gasteiger partial charge in [0.15, 0.2) is 5.17 Å². The van der Waals surface area contributed by atoms with E-state index in [2.05, 4.69) is 58.6 Å². The zero-order valence-electron chi connectivity index (χ0n) is 14.1. The Morgan fingerprint density at radius 2 is 1.83 bits per heavy atom. The number of hydrogen-bond donors (Lipinski definition) is 1. The second-order valence-corrected chi connectivity index (χ2v) is 8.12. The van der Waals surface area contributed by atoms with Crippen LogP contribution in [0.5, 0.6) is 0 Å². The van der Waals surface area contributed by atoms with Crippen LogP contribution < -0.4 is 4.90 Å². The standard InChI is InChI=1S/C15H19N3S.CH4O3S/c1-17(2)13-7-5-12(6-8-13)14-11-19-15-16-9-3-4-10-18(14)15;1-5(2,3)4/h5-8,11H,3-4,9-10H2,1-2H3;1H3,(H,2,3,4). The lowest BCUT2D eigenvalue weighted by Crippen LogP contribution is -2.23. The lowest BCUT2D eigenvalue weighted by Gasteiger charge is -2.21. The Morgan fingerprint density at radius 1 is 1.21 bits per heavy atom. The van der Waals surface area contributed by atoms with Crippen LogP contribution in [0.25, 0.3) is 5.70 Å². The van der Waals surface area contributed by atoms with Crippen LogP contribution in [0.2, 0.25) is 0 Å². The highest BCUT2D eigenvalue weighted by Gasteiger charge is 2.24. The third-order valence-corrected chi connectivity index (χ3v) is 4.42. The minimum Gasteiger partial charge on any atom is -0.378 e.